The van der Waals surface area contributed by atoms with Gasteiger partial charge >= 0.3 is 5.97 Å². The molecular weight excluding hydrogens is 356 g/mol. The van der Waals surface area contributed by atoms with Crippen LogP contribution < -0.4 is 0 Å². The molecule has 0 aliphatic heterocycles. The minimum atomic E-state index is -3.17. The van der Waals surface area contributed by atoms with Gasteiger partial charge in [-0.25, -0.2) is 13.2 Å². The summed E-state index contributed by atoms with van der Waals surface area (Å²) in [6, 6.07) is 6.70. The number of rotatable bonds is 9. The second-order valence-electron chi connectivity index (χ2n) is 4.99. The number of sulfone groups is 1. The molecule has 21 heavy (non-hydrogen) atoms. The molecule has 0 amide bonds. The molecule has 0 heterocycles. The SMILES string of the molecule is CCCCCS(=O)(=O)C(Br)CCc1ccccc1C(=O)O. The summed E-state index contributed by atoms with van der Waals surface area (Å²) in [5.74, 6) is -0.806. The van der Waals surface area contributed by atoms with Crippen molar-refractivity contribution in [3.63, 3.8) is 0 Å². The molecular formula is C15H21BrO4S. The molecule has 1 N–H and O–H groups in total. The number of carboxylic acids is 1. The Morgan fingerprint density at radius 2 is 1.95 bits per heavy atom. The Morgan fingerprint density at radius 1 is 1.29 bits per heavy atom. The molecule has 6 heteroatoms. The van der Waals surface area contributed by atoms with Crippen LogP contribution in [0.3, 0.4) is 0 Å². The van der Waals surface area contributed by atoms with Gasteiger partial charge in [-0.2, -0.15) is 0 Å². The predicted octanol–water partition coefficient (Wildman–Crippen LogP) is 3.64. The zero-order chi connectivity index (χ0) is 15.9. The maximum absolute atomic E-state index is 12.1. The van der Waals surface area contributed by atoms with E-state index in [0.717, 1.165) is 12.8 Å². The van der Waals surface area contributed by atoms with Crippen LogP contribution in [-0.4, -0.2) is 29.4 Å². The Labute approximate surface area is 134 Å². The number of alkyl halides is 1. The van der Waals surface area contributed by atoms with E-state index >= 15 is 0 Å². The first-order valence-corrected chi connectivity index (χ1v) is 9.68. The molecule has 0 spiro atoms. The Hall–Kier alpha value is -0.880. The van der Waals surface area contributed by atoms with Gasteiger partial charge in [-0.05, 0) is 30.9 Å². The topological polar surface area (TPSA) is 71.4 Å². The summed E-state index contributed by atoms with van der Waals surface area (Å²) in [7, 11) is -3.17. The van der Waals surface area contributed by atoms with Crippen molar-refractivity contribution in [1.29, 1.82) is 0 Å². The van der Waals surface area contributed by atoms with E-state index in [0.29, 0.717) is 24.8 Å². The third-order valence-corrected chi connectivity index (χ3v) is 7.35. The summed E-state index contributed by atoms with van der Waals surface area (Å²) in [5, 5.41) is 9.10. The summed E-state index contributed by atoms with van der Waals surface area (Å²) in [4.78, 5) is 11.1. The lowest BCUT2D eigenvalue weighted by Gasteiger charge is -2.12. The van der Waals surface area contributed by atoms with Gasteiger partial charge in [0.05, 0.1) is 11.3 Å². The fourth-order valence-corrected chi connectivity index (χ4v) is 4.21. The van der Waals surface area contributed by atoms with Crippen LogP contribution in [0.25, 0.3) is 0 Å². The maximum atomic E-state index is 12.1. The molecule has 0 radical (unpaired) electrons. The zero-order valence-corrected chi connectivity index (χ0v) is 14.5. The van der Waals surface area contributed by atoms with Gasteiger partial charge in [0.1, 0.15) is 4.16 Å². The van der Waals surface area contributed by atoms with E-state index in [1.807, 2.05) is 6.92 Å². The van der Waals surface area contributed by atoms with E-state index in [1.54, 1.807) is 18.2 Å². The zero-order valence-electron chi connectivity index (χ0n) is 12.1. The average molecular weight is 377 g/mol. The van der Waals surface area contributed by atoms with Crippen LogP contribution in [0.15, 0.2) is 24.3 Å². The second-order valence-corrected chi connectivity index (χ2v) is 9.00. The molecule has 0 aliphatic rings. The maximum Gasteiger partial charge on any atom is 0.335 e. The van der Waals surface area contributed by atoms with Crippen molar-refractivity contribution in [3.8, 4) is 0 Å². The normalized spacial score (nSPS) is 13.0. The molecule has 0 aliphatic carbocycles. The number of carboxylic acid groups (broad SMARTS) is 1. The van der Waals surface area contributed by atoms with Crippen molar-refractivity contribution in [1.82, 2.24) is 0 Å². The lowest BCUT2D eigenvalue weighted by atomic mass is 10.0. The Bertz CT molecular complexity index is 569. The lowest BCUT2D eigenvalue weighted by Crippen LogP contribution is -2.19. The highest BCUT2D eigenvalue weighted by molar-refractivity contribution is 9.11. The molecule has 1 aromatic carbocycles. The summed E-state index contributed by atoms with van der Waals surface area (Å²) in [6.07, 6.45) is 3.35. The van der Waals surface area contributed by atoms with Crippen LogP contribution in [0.5, 0.6) is 0 Å². The molecule has 1 unspecified atom stereocenters. The number of halogens is 1. The molecule has 0 saturated heterocycles. The first-order chi connectivity index (χ1) is 9.88. The Kier molecular flexibility index (Phi) is 7.39. The number of benzene rings is 1. The van der Waals surface area contributed by atoms with Crippen molar-refractivity contribution in [2.45, 2.75) is 43.2 Å². The largest absolute Gasteiger partial charge is 0.478 e. The Balaban J connectivity index is 2.64. The smallest absolute Gasteiger partial charge is 0.335 e. The molecule has 0 aromatic heterocycles. The van der Waals surface area contributed by atoms with E-state index in [9.17, 15) is 13.2 Å². The van der Waals surface area contributed by atoms with Gasteiger partial charge in [-0.15, -0.1) is 0 Å². The van der Waals surface area contributed by atoms with Crippen LogP contribution in [0, 0.1) is 0 Å². The monoisotopic (exact) mass is 376 g/mol. The van der Waals surface area contributed by atoms with Gasteiger partial charge in [0, 0.05) is 0 Å². The van der Waals surface area contributed by atoms with Crippen molar-refractivity contribution in [2.75, 3.05) is 5.75 Å². The van der Waals surface area contributed by atoms with E-state index in [4.69, 9.17) is 5.11 Å². The number of hydrogen-bond donors (Lipinski definition) is 1. The first kappa shape index (κ1) is 18.2. The van der Waals surface area contributed by atoms with E-state index in [-0.39, 0.29) is 11.3 Å². The van der Waals surface area contributed by atoms with Crippen LogP contribution >= 0.6 is 15.9 Å². The molecule has 4 nitrogen and oxygen atoms in total. The highest BCUT2D eigenvalue weighted by atomic mass is 79.9. The van der Waals surface area contributed by atoms with Crippen LogP contribution in [0.4, 0.5) is 0 Å². The summed E-state index contributed by atoms with van der Waals surface area (Å²) < 4.78 is 23.5. The lowest BCUT2D eigenvalue weighted by molar-refractivity contribution is 0.0695. The fourth-order valence-electron chi connectivity index (χ4n) is 2.08. The van der Waals surface area contributed by atoms with Gasteiger partial charge < -0.3 is 5.11 Å². The number of aryl methyl sites for hydroxylation is 1. The van der Waals surface area contributed by atoms with Crippen LogP contribution in [0.2, 0.25) is 0 Å². The molecule has 1 atom stereocenters. The molecule has 0 bridgehead atoms. The summed E-state index contributed by atoms with van der Waals surface area (Å²) >= 11 is 3.24. The van der Waals surface area contributed by atoms with Crippen LogP contribution in [0.1, 0.15) is 48.5 Å². The van der Waals surface area contributed by atoms with Gasteiger partial charge in [0.15, 0.2) is 9.84 Å². The van der Waals surface area contributed by atoms with E-state index in [2.05, 4.69) is 15.9 Å². The number of carbonyl (C=O) groups is 1. The van der Waals surface area contributed by atoms with E-state index < -0.39 is 20.0 Å². The number of unbranched alkanes of at least 4 members (excludes halogenated alkanes) is 2. The van der Waals surface area contributed by atoms with Crippen molar-refractivity contribution < 1.29 is 18.3 Å². The number of hydrogen-bond acceptors (Lipinski definition) is 3. The molecule has 0 saturated carbocycles. The van der Waals surface area contributed by atoms with Crippen molar-refractivity contribution in [2.24, 2.45) is 0 Å². The van der Waals surface area contributed by atoms with Crippen molar-refractivity contribution in [3.05, 3.63) is 35.4 Å². The second kappa shape index (κ2) is 8.54. The third-order valence-electron chi connectivity index (χ3n) is 3.31. The molecule has 1 rings (SSSR count). The molecule has 118 valence electrons. The third kappa shape index (κ3) is 5.79. The standard InChI is InChI=1S/C15H21BrO4S/c1-2-3-6-11-21(19,20)14(16)10-9-12-7-4-5-8-13(12)15(17)18/h4-5,7-8,14H,2-3,6,9-11H2,1H3,(H,17,18). The molecule has 0 fully saturated rings. The fraction of sp³-hybridized carbons (Fsp3) is 0.533. The number of aromatic carboxylic acids is 1. The van der Waals surface area contributed by atoms with Crippen LogP contribution in [-0.2, 0) is 16.3 Å². The van der Waals surface area contributed by atoms with E-state index in [1.165, 1.54) is 6.07 Å². The highest BCUT2D eigenvalue weighted by Gasteiger charge is 2.22. The minimum Gasteiger partial charge on any atom is -0.478 e. The van der Waals surface area contributed by atoms with Gasteiger partial charge in [-0.3, -0.25) is 0 Å². The average Bonchev–Trinajstić information content (AvgIpc) is 2.45. The van der Waals surface area contributed by atoms with Gasteiger partial charge in [0.2, 0.25) is 0 Å². The molecule has 1 aromatic rings. The van der Waals surface area contributed by atoms with Gasteiger partial charge in [-0.1, -0.05) is 53.9 Å². The highest BCUT2D eigenvalue weighted by Crippen LogP contribution is 2.20. The summed E-state index contributed by atoms with van der Waals surface area (Å²) in [5.41, 5.74) is 0.902. The predicted molar refractivity (Wildman–Crippen MR) is 87.7 cm³/mol. The first-order valence-electron chi connectivity index (χ1n) is 7.05. The quantitative estimate of drug-likeness (QED) is 0.527. The summed E-state index contributed by atoms with van der Waals surface area (Å²) in [6.45, 7) is 2.03. The van der Waals surface area contributed by atoms with Crippen molar-refractivity contribution >= 4 is 31.7 Å². The Morgan fingerprint density at radius 3 is 2.57 bits per heavy atom. The minimum absolute atomic E-state index is 0.178. The van der Waals surface area contributed by atoms with Gasteiger partial charge in [0.25, 0.3) is 0 Å².